The summed E-state index contributed by atoms with van der Waals surface area (Å²) in [6.07, 6.45) is 3.77. The average Bonchev–Trinajstić information content (AvgIpc) is 2.71. The third kappa shape index (κ3) is 4.08. The molecule has 0 aromatic carbocycles. The summed E-state index contributed by atoms with van der Waals surface area (Å²) in [5, 5.41) is 8.69. The molecule has 0 aliphatic carbocycles. The molecule has 0 unspecified atom stereocenters. The van der Waals surface area contributed by atoms with Gasteiger partial charge in [0, 0.05) is 25.9 Å². The predicted molar refractivity (Wildman–Crippen MR) is 68.8 cm³/mol. The molecule has 104 valence electrons. The fourth-order valence-electron chi connectivity index (χ4n) is 1.62. The molecule has 0 saturated carbocycles. The van der Waals surface area contributed by atoms with Crippen molar-refractivity contribution in [3.8, 4) is 0 Å². The van der Waals surface area contributed by atoms with Crippen LogP contribution in [0.1, 0.15) is 32.0 Å². The summed E-state index contributed by atoms with van der Waals surface area (Å²) in [4.78, 5) is 4.04. The van der Waals surface area contributed by atoms with Gasteiger partial charge in [0.25, 0.3) is 10.0 Å². The molecular formula is C11H21N3O3S. The number of aliphatic hydroxyl groups excluding tert-OH is 1. The van der Waals surface area contributed by atoms with Gasteiger partial charge in [-0.15, -0.1) is 0 Å². The molecule has 0 spiro atoms. The number of sulfonamides is 1. The van der Waals surface area contributed by atoms with Gasteiger partial charge in [-0.05, 0) is 33.1 Å². The minimum Gasteiger partial charge on any atom is -0.396 e. The van der Waals surface area contributed by atoms with Gasteiger partial charge in [0.2, 0.25) is 0 Å². The normalized spacial score (nSPS) is 11.9. The lowest BCUT2D eigenvalue weighted by Gasteiger charge is -2.03. The summed E-state index contributed by atoms with van der Waals surface area (Å²) in [5.74, 6) is 0.693. The highest BCUT2D eigenvalue weighted by Gasteiger charge is 2.17. The second-order valence-corrected chi connectivity index (χ2v) is 5.81. The first kappa shape index (κ1) is 15.1. The molecule has 0 amide bonds. The molecule has 6 nitrogen and oxygen atoms in total. The van der Waals surface area contributed by atoms with Gasteiger partial charge in [0.05, 0.1) is 0 Å². The second-order valence-electron chi connectivity index (χ2n) is 4.09. The Morgan fingerprint density at radius 1 is 1.39 bits per heavy atom. The van der Waals surface area contributed by atoms with Gasteiger partial charge in [0.15, 0.2) is 5.03 Å². The van der Waals surface area contributed by atoms with Crippen molar-refractivity contribution in [2.75, 3.05) is 13.2 Å². The van der Waals surface area contributed by atoms with E-state index in [1.54, 1.807) is 17.7 Å². The zero-order valence-electron chi connectivity index (χ0n) is 10.9. The van der Waals surface area contributed by atoms with Crippen LogP contribution in [-0.2, 0) is 16.6 Å². The number of aryl methyl sites for hydroxylation is 2. The molecule has 0 atom stereocenters. The van der Waals surface area contributed by atoms with Gasteiger partial charge in [0.1, 0.15) is 5.82 Å². The van der Waals surface area contributed by atoms with E-state index in [0.29, 0.717) is 31.8 Å². The van der Waals surface area contributed by atoms with Crippen LogP contribution < -0.4 is 4.72 Å². The molecular weight excluding hydrogens is 254 g/mol. The number of nitrogens with zero attached hydrogens (tertiary/aromatic N) is 2. The van der Waals surface area contributed by atoms with Crippen molar-refractivity contribution in [1.29, 1.82) is 0 Å². The van der Waals surface area contributed by atoms with Gasteiger partial charge >= 0.3 is 0 Å². The highest BCUT2D eigenvalue weighted by atomic mass is 32.2. The van der Waals surface area contributed by atoms with Crippen molar-refractivity contribution in [3.63, 3.8) is 0 Å². The highest BCUT2D eigenvalue weighted by molar-refractivity contribution is 7.89. The average molecular weight is 275 g/mol. The summed E-state index contributed by atoms with van der Waals surface area (Å²) in [7, 11) is -3.50. The van der Waals surface area contributed by atoms with Gasteiger partial charge in [-0.25, -0.2) is 18.1 Å². The molecule has 1 rings (SSSR count). The topological polar surface area (TPSA) is 84.2 Å². The van der Waals surface area contributed by atoms with Crippen molar-refractivity contribution >= 4 is 10.0 Å². The maximum absolute atomic E-state index is 11.9. The van der Waals surface area contributed by atoms with E-state index >= 15 is 0 Å². The number of hydrogen-bond donors (Lipinski definition) is 2. The van der Waals surface area contributed by atoms with Crippen molar-refractivity contribution < 1.29 is 13.5 Å². The quantitative estimate of drug-likeness (QED) is 0.682. The molecule has 0 saturated heterocycles. The maximum atomic E-state index is 11.9. The van der Waals surface area contributed by atoms with E-state index < -0.39 is 10.0 Å². The minimum absolute atomic E-state index is 0.0732. The van der Waals surface area contributed by atoms with E-state index in [2.05, 4.69) is 9.71 Å². The Morgan fingerprint density at radius 3 is 2.67 bits per heavy atom. The fraction of sp³-hybridized carbons (Fsp3) is 0.727. The summed E-state index contributed by atoms with van der Waals surface area (Å²) in [6.45, 7) is 4.94. The highest BCUT2D eigenvalue weighted by Crippen LogP contribution is 2.09. The maximum Gasteiger partial charge on any atom is 0.259 e. The first-order valence-corrected chi connectivity index (χ1v) is 7.64. The van der Waals surface area contributed by atoms with Crippen molar-refractivity contribution in [3.05, 3.63) is 12.0 Å². The van der Waals surface area contributed by atoms with E-state index in [1.165, 1.54) is 0 Å². The van der Waals surface area contributed by atoms with Gasteiger partial charge in [-0.3, -0.25) is 0 Å². The first-order valence-electron chi connectivity index (χ1n) is 6.15. The molecule has 0 aliphatic heterocycles. The third-order valence-corrected chi connectivity index (χ3v) is 4.03. The second kappa shape index (κ2) is 6.86. The van der Waals surface area contributed by atoms with Crippen molar-refractivity contribution in [1.82, 2.24) is 14.3 Å². The van der Waals surface area contributed by atoms with Crippen molar-refractivity contribution in [2.45, 2.75) is 44.7 Å². The third-order valence-electron chi connectivity index (χ3n) is 2.70. The van der Waals surface area contributed by atoms with Gasteiger partial charge in [-0.2, -0.15) is 0 Å². The predicted octanol–water partition coefficient (Wildman–Crippen LogP) is 0.652. The summed E-state index contributed by atoms with van der Waals surface area (Å²) in [5.41, 5.74) is 0. The molecule has 0 fully saturated rings. The number of aliphatic hydroxyl groups is 1. The summed E-state index contributed by atoms with van der Waals surface area (Å²) in [6, 6.07) is 0. The molecule has 18 heavy (non-hydrogen) atoms. The SMILES string of the molecule is CCn1cc(S(=O)(=O)NCCCCCO)nc1C. The van der Waals surface area contributed by atoms with Gasteiger partial charge < -0.3 is 9.67 Å². The fourth-order valence-corrected chi connectivity index (χ4v) is 2.70. The number of rotatable bonds is 8. The van der Waals surface area contributed by atoms with Crippen LogP contribution in [-0.4, -0.2) is 36.2 Å². The lowest BCUT2D eigenvalue weighted by atomic mass is 10.2. The van der Waals surface area contributed by atoms with Crippen LogP contribution in [0.4, 0.5) is 0 Å². The Bertz CT molecular complexity index is 468. The van der Waals surface area contributed by atoms with Crippen LogP contribution in [0.25, 0.3) is 0 Å². The molecule has 2 N–H and O–H groups in total. The van der Waals surface area contributed by atoms with Crippen LogP contribution in [0.3, 0.4) is 0 Å². The Morgan fingerprint density at radius 2 is 2.11 bits per heavy atom. The minimum atomic E-state index is -3.50. The van der Waals surface area contributed by atoms with Crippen LogP contribution in [0.2, 0.25) is 0 Å². The van der Waals surface area contributed by atoms with E-state index in [1.807, 2.05) is 6.92 Å². The first-order chi connectivity index (χ1) is 8.51. The van der Waals surface area contributed by atoms with Crippen molar-refractivity contribution in [2.24, 2.45) is 0 Å². The molecule has 0 bridgehead atoms. The van der Waals surface area contributed by atoms with Crippen LogP contribution in [0.5, 0.6) is 0 Å². The van der Waals surface area contributed by atoms with Crippen LogP contribution >= 0.6 is 0 Å². The number of nitrogens with one attached hydrogen (secondary N) is 1. The van der Waals surface area contributed by atoms with E-state index in [-0.39, 0.29) is 11.6 Å². The number of hydrogen-bond acceptors (Lipinski definition) is 4. The lowest BCUT2D eigenvalue weighted by molar-refractivity contribution is 0.283. The molecule has 1 heterocycles. The Hall–Kier alpha value is -0.920. The van der Waals surface area contributed by atoms with E-state index in [9.17, 15) is 8.42 Å². The van der Waals surface area contributed by atoms with E-state index in [0.717, 1.165) is 6.42 Å². The lowest BCUT2D eigenvalue weighted by Crippen LogP contribution is -2.25. The molecule has 1 aromatic heterocycles. The van der Waals surface area contributed by atoms with Gasteiger partial charge in [-0.1, -0.05) is 0 Å². The molecule has 0 radical (unpaired) electrons. The molecule has 7 heteroatoms. The standard InChI is InChI=1S/C11H21N3O3S/c1-3-14-9-11(13-10(14)2)18(16,17)12-7-5-4-6-8-15/h9,12,15H,3-8H2,1-2H3. The van der Waals surface area contributed by atoms with Crippen LogP contribution in [0.15, 0.2) is 11.2 Å². The Kier molecular flexibility index (Phi) is 5.77. The zero-order valence-corrected chi connectivity index (χ0v) is 11.7. The Balaban J connectivity index is 2.57. The van der Waals surface area contributed by atoms with Crippen LogP contribution in [0, 0.1) is 6.92 Å². The molecule has 1 aromatic rings. The zero-order chi connectivity index (χ0) is 13.6. The smallest absolute Gasteiger partial charge is 0.259 e. The number of aromatic nitrogens is 2. The largest absolute Gasteiger partial charge is 0.396 e. The molecule has 0 aliphatic rings. The number of imidazole rings is 1. The Labute approximate surface area is 108 Å². The monoisotopic (exact) mass is 275 g/mol. The summed E-state index contributed by atoms with van der Waals surface area (Å²) < 4.78 is 28.1. The van der Waals surface area contributed by atoms with E-state index in [4.69, 9.17) is 5.11 Å². The number of unbranched alkanes of at least 4 members (excludes halogenated alkanes) is 2. The summed E-state index contributed by atoms with van der Waals surface area (Å²) >= 11 is 0.